The molecule has 2 unspecified atom stereocenters. The molecule has 5 aromatic rings. The number of H-pyrrole nitrogens is 1. The Balaban J connectivity index is 1.25. The first-order valence-corrected chi connectivity index (χ1v) is 14.0. The highest BCUT2D eigenvalue weighted by Crippen LogP contribution is 2.45. The van der Waals surface area contributed by atoms with Crippen LogP contribution in [0.1, 0.15) is 38.8 Å². The number of para-hydroxylation sites is 2. The molecule has 3 heterocycles. The van der Waals surface area contributed by atoms with Gasteiger partial charge in [-0.1, -0.05) is 54.6 Å². The van der Waals surface area contributed by atoms with Gasteiger partial charge in [-0.05, 0) is 59.2 Å². The molecule has 8 nitrogen and oxygen atoms in total. The molecule has 2 aliphatic rings. The van der Waals surface area contributed by atoms with Crippen molar-refractivity contribution < 1.29 is 23.5 Å². The molecule has 4 aromatic carbocycles. The van der Waals surface area contributed by atoms with Gasteiger partial charge in [-0.2, -0.15) is 0 Å². The number of fused-ring (bicyclic) bond motifs is 4. The fraction of sp³-hybridized carbons (Fsp3) is 0.147. The van der Waals surface area contributed by atoms with Crippen LogP contribution in [0.3, 0.4) is 0 Å². The molecule has 0 bridgehead atoms. The van der Waals surface area contributed by atoms with Crippen LogP contribution in [-0.4, -0.2) is 40.9 Å². The fourth-order valence-electron chi connectivity index (χ4n) is 6.17. The molecule has 4 amide bonds. The maximum Gasteiger partial charge on any atom is 0.332 e. The minimum atomic E-state index is -0.801. The van der Waals surface area contributed by atoms with Gasteiger partial charge >= 0.3 is 6.03 Å². The number of aromatic nitrogens is 1. The Morgan fingerprint density at radius 1 is 0.953 bits per heavy atom. The number of methoxy groups -OCH3 is 1. The van der Waals surface area contributed by atoms with Gasteiger partial charge in [-0.25, -0.2) is 14.1 Å². The van der Waals surface area contributed by atoms with Crippen molar-refractivity contribution in [2.75, 3.05) is 12.0 Å². The van der Waals surface area contributed by atoms with Crippen molar-refractivity contribution in [3.05, 3.63) is 131 Å². The molecule has 0 spiro atoms. The smallest absolute Gasteiger partial charge is 0.332 e. The van der Waals surface area contributed by atoms with Gasteiger partial charge in [0.2, 0.25) is 0 Å². The van der Waals surface area contributed by atoms with E-state index in [4.69, 9.17) is 4.74 Å². The SMILES string of the molecule is COc1ccc(CNC(=O)c2ccccc2N2C(=O)C3Cc4c([nH]c5ccccc45)C(c4ccc(F)cc4)N3C2=O)cc1. The first kappa shape index (κ1) is 26.5. The summed E-state index contributed by atoms with van der Waals surface area (Å²) in [6.07, 6.45) is 0.309. The Bertz CT molecular complexity index is 1880. The van der Waals surface area contributed by atoms with Gasteiger partial charge in [-0.3, -0.25) is 14.5 Å². The number of nitrogens with zero attached hydrogens (tertiary/aromatic N) is 2. The van der Waals surface area contributed by atoms with Crippen LogP contribution in [0.25, 0.3) is 10.9 Å². The molecule has 9 heteroatoms. The second-order valence-corrected chi connectivity index (χ2v) is 10.6. The molecule has 1 aromatic heterocycles. The highest BCUT2D eigenvalue weighted by molar-refractivity contribution is 6.24. The van der Waals surface area contributed by atoms with Crippen LogP contribution >= 0.6 is 0 Å². The zero-order chi connectivity index (χ0) is 29.7. The van der Waals surface area contributed by atoms with E-state index in [1.807, 2.05) is 48.5 Å². The van der Waals surface area contributed by atoms with Gasteiger partial charge < -0.3 is 15.0 Å². The Morgan fingerprint density at radius 2 is 1.67 bits per heavy atom. The van der Waals surface area contributed by atoms with Crippen LogP contribution in [0.4, 0.5) is 14.9 Å². The summed E-state index contributed by atoms with van der Waals surface area (Å²) in [6, 6.07) is 25.7. The molecule has 2 N–H and O–H groups in total. The van der Waals surface area contributed by atoms with Gasteiger partial charge in [0, 0.05) is 29.6 Å². The summed E-state index contributed by atoms with van der Waals surface area (Å²) in [5.74, 6) is -0.513. The maximum atomic E-state index is 14.2. The quantitative estimate of drug-likeness (QED) is 0.253. The van der Waals surface area contributed by atoms with E-state index < -0.39 is 35.7 Å². The lowest BCUT2D eigenvalue weighted by molar-refractivity contribution is -0.120. The second kappa shape index (κ2) is 10.4. The third-order valence-corrected chi connectivity index (χ3v) is 8.24. The second-order valence-electron chi connectivity index (χ2n) is 10.6. The van der Waals surface area contributed by atoms with Crippen LogP contribution in [0, 0.1) is 5.82 Å². The lowest BCUT2D eigenvalue weighted by atomic mass is 9.89. The number of amides is 4. The molecule has 7 rings (SSSR count). The first-order chi connectivity index (χ1) is 20.9. The molecule has 0 radical (unpaired) electrons. The minimum Gasteiger partial charge on any atom is -0.497 e. The molecular formula is C34H27FN4O4. The third-order valence-electron chi connectivity index (χ3n) is 8.24. The van der Waals surface area contributed by atoms with E-state index in [2.05, 4.69) is 10.3 Å². The summed E-state index contributed by atoms with van der Waals surface area (Å²) in [5.41, 5.74) is 4.60. The van der Waals surface area contributed by atoms with Crippen molar-refractivity contribution in [3.63, 3.8) is 0 Å². The number of nitrogens with one attached hydrogen (secondary N) is 2. The number of carbonyl (C=O) groups is 3. The summed E-state index contributed by atoms with van der Waals surface area (Å²) >= 11 is 0. The normalized spacial score (nSPS) is 17.6. The largest absolute Gasteiger partial charge is 0.497 e. The fourth-order valence-corrected chi connectivity index (χ4v) is 6.17. The van der Waals surface area contributed by atoms with Gasteiger partial charge in [0.25, 0.3) is 11.8 Å². The van der Waals surface area contributed by atoms with E-state index in [-0.39, 0.29) is 17.8 Å². The summed E-state index contributed by atoms with van der Waals surface area (Å²) in [6.45, 7) is 0.252. The van der Waals surface area contributed by atoms with Gasteiger partial charge in [-0.15, -0.1) is 0 Å². The Hall–Kier alpha value is -5.44. The number of anilines is 1. The van der Waals surface area contributed by atoms with E-state index in [0.717, 1.165) is 32.6 Å². The lowest BCUT2D eigenvalue weighted by Gasteiger charge is -2.36. The topological polar surface area (TPSA) is 94.7 Å². The van der Waals surface area contributed by atoms with Crippen molar-refractivity contribution in [3.8, 4) is 5.75 Å². The number of hydrogen-bond donors (Lipinski definition) is 2. The molecule has 2 aliphatic heterocycles. The molecule has 214 valence electrons. The van der Waals surface area contributed by atoms with E-state index in [9.17, 15) is 18.8 Å². The Kier molecular flexibility index (Phi) is 6.42. The number of hydrogen-bond acceptors (Lipinski definition) is 4. The maximum absolute atomic E-state index is 14.2. The van der Waals surface area contributed by atoms with Crippen molar-refractivity contribution >= 4 is 34.4 Å². The van der Waals surface area contributed by atoms with Crippen LogP contribution in [-0.2, 0) is 17.8 Å². The zero-order valence-corrected chi connectivity index (χ0v) is 23.2. The van der Waals surface area contributed by atoms with Gasteiger partial charge in [0.05, 0.1) is 18.4 Å². The van der Waals surface area contributed by atoms with Crippen molar-refractivity contribution in [2.45, 2.75) is 25.0 Å². The number of ether oxygens (including phenoxy) is 1. The van der Waals surface area contributed by atoms with Crippen molar-refractivity contribution in [2.24, 2.45) is 0 Å². The highest BCUT2D eigenvalue weighted by atomic mass is 19.1. The molecule has 0 aliphatic carbocycles. The van der Waals surface area contributed by atoms with E-state index in [0.29, 0.717) is 17.7 Å². The van der Waals surface area contributed by atoms with Crippen LogP contribution in [0.5, 0.6) is 5.75 Å². The number of imide groups is 1. The number of halogens is 1. The molecule has 1 saturated heterocycles. The Labute approximate surface area is 246 Å². The van der Waals surface area contributed by atoms with E-state index in [1.54, 1.807) is 48.4 Å². The van der Waals surface area contributed by atoms with Gasteiger partial charge in [0.1, 0.15) is 23.7 Å². The average molecular weight is 575 g/mol. The van der Waals surface area contributed by atoms with Gasteiger partial charge in [0.15, 0.2) is 0 Å². The van der Waals surface area contributed by atoms with Crippen LogP contribution in [0.2, 0.25) is 0 Å². The Morgan fingerprint density at radius 3 is 2.44 bits per heavy atom. The summed E-state index contributed by atoms with van der Waals surface area (Å²) in [4.78, 5) is 47.9. The highest BCUT2D eigenvalue weighted by Gasteiger charge is 2.53. The number of aromatic amines is 1. The third kappa shape index (κ3) is 4.41. The van der Waals surface area contributed by atoms with Crippen molar-refractivity contribution in [1.29, 1.82) is 0 Å². The minimum absolute atomic E-state index is 0.208. The van der Waals surface area contributed by atoms with Crippen LogP contribution < -0.4 is 15.0 Å². The monoisotopic (exact) mass is 574 g/mol. The standard InChI is InChI=1S/C34H27FN4O4/c1-43-23-16-10-20(11-17-23)19-36-32(40)25-7-3-5-9-28(25)39-33(41)29-18-26-24-6-2-4-8-27(24)37-30(26)31(38(29)34(39)42)21-12-14-22(35)15-13-21/h2-17,29,31,37H,18-19H2,1H3,(H,36,40). The number of rotatable bonds is 6. The number of benzene rings is 4. The predicted molar refractivity (Wildman–Crippen MR) is 159 cm³/mol. The summed E-state index contributed by atoms with van der Waals surface area (Å²) in [7, 11) is 1.59. The lowest BCUT2D eigenvalue weighted by Crippen LogP contribution is -2.44. The van der Waals surface area contributed by atoms with Crippen molar-refractivity contribution in [1.82, 2.24) is 15.2 Å². The molecular weight excluding hydrogens is 547 g/mol. The molecule has 1 fully saturated rings. The van der Waals surface area contributed by atoms with E-state index in [1.165, 1.54) is 12.1 Å². The molecule has 2 atom stereocenters. The summed E-state index contributed by atoms with van der Waals surface area (Å²) < 4.78 is 19.1. The predicted octanol–water partition coefficient (Wildman–Crippen LogP) is 5.73. The number of carbonyl (C=O) groups excluding carboxylic acids is 3. The summed E-state index contributed by atoms with van der Waals surface area (Å²) in [5, 5.41) is 3.87. The zero-order valence-electron chi connectivity index (χ0n) is 23.2. The average Bonchev–Trinajstić information content (AvgIpc) is 3.53. The number of urea groups is 1. The molecule has 43 heavy (non-hydrogen) atoms. The van der Waals surface area contributed by atoms with Crippen LogP contribution in [0.15, 0.2) is 97.1 Å². The first-order valence-electron chi connectivity index (χ1n) is 14.0. The van der Waals surface area contributed by atoms with E-state index >= 15 is 0 Å². The molecule has 0 saturated carbocycles.